The van der Waals surface area contributed by atoms with Gasteiger partial charge >= 0.3 is 0 Å². The molecule has 0 aliphatic carbocycles. The summed E-state index contributed by atoms with van der Waals surface area (Å²) in [7, 11) is 5.64. The number of rotatable bonds is 8. The Morgan fingerprint density at radius 3 is 2.78 bits per heavy atom. The van der Waals surface area contributed by atoms with Gasteiger partial charge in [0.2, 0.25) is 0 Å². The number of nitrogens with zero attached hydrogens (tertiary/aromatic N) is 4. The van der Waals surface area contributed by atoms with Gasteiger partial charge in [-0.25, -0.2) is 4.98 Å². The van der Waals surface area contributed by atoms with Gasteiger partial charge in [0.15, 0.2) is 5.96 Å². The summed E-state index contributed by atoms with van der Waals surface area (Å²) >= 11 is 1.66. The lowest BCUT2D eigenvalue weighted by Gasteiger charge is -2.32. The molecule has 6 nitrogen and oxygen atoms in total. The van der Waals surface area contributed by atoms with E-state index in [0.717, 1.165) is 35.7 Å². The number of hydrogen-bond acceptors (Lipinski definition) is 5. The molecule has 0 spiro atoms. The maximum Gasteiger partial charge on any atom is 0.193 e. The topological polar surface area (TPSA) is 53.0 Å². The first-order valence-corrected chi connectivity index (χ1v) is 10.6. The highest BCUT2D eigenvalue weighted by atomic mass is 127. The van der Waals surface area contributed by atoms with E-state index in [1.54, 1.807) is 18.4 Å². The van der Waals surface area contributed by atoms with Crippen LogP contribution in [0.2, 0.25) is 0 Å². The van der Waals surface area contributed by atoms with E-state index in [9.17, 15) is 0 Å². The van der Waals surface area contributed by atoms with Crippen molar-refractivity contribution in [3.63, 3.8) is 0 Å². The lowest BCUT2D eigenvalue weighted by atomic mass is 9.97. The smallest absolute Gasteiger partial charge is 0.193 e. The number of guanidine groups is 1. The normalized spacial score (nSPS) is 17.4. The number of aliphatic imine (C=N–C) groups is 1. The van der Waals surface area contributed by atoms with Crippen molar-refractivity contribution in [1.29, 1.82) is 0 Å². The summed E-state index contributed by atoms with van der Waals surface area (Å²) < 4.78 is 5.35. The van der Waals surface area contributed by atoms with Crippen LogP contribution in [-0.2, 0) is 11.3 Å². The first-order valence-electron chi connectivity index (χ1n) is 9.68. The number of likely N-dealkylation sites (tertiary alicyclic amines) is 1. The van der Waals surface area contributed by atoms with Gasteiger partial charge in [-0.15, -0.1) is 35.3 Å². The molecule has 0 saturated carbocycles. The predicted octanol–water partition coefficient (Wildman–Crippen LogP) is 3.60. The van der Waals surface area contributed by atoms with E-state index in [1.807, 2.05) is 14.0 Å². The van der Waals surface area contributed by atoms with Crippen LogP contribution in [0.4, 0.5) is 0 Å². The Hall–Kier alpha value is -0.450. The summed E-state index contributed by atoms with van der Waals surface area (Å²) in [6, 6.07) is 0. The van der Waals surface area contributed by atoms with E-state index in [2.05, 4.69) is 44.4 Å². The molecule has 1 atom stereocenters. The molecule has 2 rings (SSSR count). The molecule has 0 bridgehead atoms. The maximum atomic E-state index is 5.35. The fourth-order valence-corrected chi connectivity index (χ4v) is 4.19. The Morgan fingerprint density at radius 1 is 1.48 bits per heavy atom. The second kappa shape index (κ2) is 12.9. The Labute approximate surface area is 185 Å². The summed E-state index contributed by atoms with van der Waals surface area (Å²) in [5.41, 5.74) is 1.06. The van der Waals surface area contributed by atoms with E-state index in [-0.39, 0.29) is 30.1 Å². The summed E-state index contributed by atoms with van der Waals surface area (Å²) in [5, 5.41) is 6.69. The highest BCUT2D eigenvalue weighted by Gasteiger charge is 2.19. The monoisotopic (exact) mass is 509 g/mol. The van der Waals surface area contributed by atoms with Crippen molar-refractivity contribution in [3.05, 3.63) is 16.1 Å². The highest BCUT2D eigenvalue weighted by Crippen LogP contribution is 2.21. The number of ether oxygens (including phenoxy) is 1. The average Bonchev–Trinajstić information content (AvgIpc) is 3.11. The fourth-order valence-electron chi connectivity index (χ4n) is 3.35. The third-order valence-electron chi connectivity index (χ3n) is 5.04. The molecular weight excluding hydrogens is 473 g/mol. The number of hydrogen-bond donors (Lipinski definition) is 1. The summed E-state index contributed by atoms with van der Waals surface area (Å²) in [5.74, 6) is 1.68. The molecule has 1 aliphatic heterocycles. The molecule has 0 amide bonds. The van der Waals surface area contributed by atoms with E-state index in [1.165, 1.54) is 38.9 Å². The highest BCUT2D eigenvalue weighted by molar-refractivity contribution is 14.0. The molecule has 1 aliphatic rings. The molecule has 0 radical (unpaired) electrons. The van der Waals surface area contributed by atoms with E-state index >= 15 is 0 Å². The molecule has 8 heteroatoms. The van der Waals surface area contributed by atoms with Crippen molar-refractivity contribution in [1.82, 2.24) is 20.1 Å². The van der Waals surface area contributed by atoms with Crippen molar-refractivity contribution in [3.8, 4) is 0 Å². The summed E-state index contributed by atoms with van der Waals surface area (Å²) in [6.45, 7) is 9.73. The maximum absolute atomic E-state index is 5.35. The van der Waals surface area contributed by atoms with Crippen LogP contribution in [0.3, 0.4) is 0 Å². The van der Waals surface area contributed by atoms with Crippen LogP contribution in [0.5, 0.6) is 0 Å². The van der Waals surface area contributed by atoms with Gasteiger partial charge in [-0.1, -0.05) is 6.92 Å². The second-order valence-electron chi connectivity index (χ2n) is 7.12. The summed E-state index contributed by atoms with van der Waals surface area (Å²) in [6.07, 6.45) is 3.85. The Balaban J connectivity index is 0.00000364. The number of nitrogens with one attached hydrogen (secondary N) is 1. The van der Waals surface area contributed by atoms with Crippen molar-refractivity contribution >= 4 is 41.3 Å². The summed E-state index contributed by atoms with van der Waals surface area (Å²) in [4.78, 5) is 13.8. The van der Waals surface area contributed by atoms with Gasteiger partial charge in [-0.3, -0.25) is 4.99 Å². The minimum absolute atomic E-state index is 0. The quantitative estimate of drug-likeness (QED) is 0.330. The number of halogens is 1. The molecule has 1 fully saturated rings. The van der Waals surface area contributed by atoms with Gasteiger partial charge < -0.3 is 19.9 Å². The SMILES string of the molecule is CCCN1CCC(CNC(=NC)N(C)Cc2csc(C(C)OC)n2)CC1.I. The van der Waals surface area contributed by atoms with Crippen LogP contribution in [0, 0.1) is 5.92 Å². The van der Waals surface area contributed by atoms with E-state index in [4.69, 9.17) is 4.74 Å². The first-order chi connectivity index (χ1) is 12.6. The molecular formula is C19H36IN5OS. The Kier molecular flexibility index (Phi) is 11.7. The van der Waals surface area contributed by atoms with Crippen LogP contribution >= 0.6 is 35.3 Å². The van der Waals surface area contributed by atoms with Gasteiger partial charge in [0.25, 0.3) is 0 Å². The van der Waals surface area contributed by atoms with Crippen LogP contribution in [0.1, 0.15) is 49.9 Å². The number of piperidine rings is 1. The van der Waals surface area contributed by atoms with Gasteiger partial charge in [-0.05, 0) is 51.7 Å². The van der Waals surface area contributed by atoms with Gasteiger partial charge in [0.05, 0.1) is 12.2 Å². The molecule has 1 N–H and O–H groups in total. The molecule has 27 heavy (non-hydrogen) atoms. The van der Waals surface area contributed by atoms with Crippen LogP contribution in [0.25, 0.3) is 0 Å². The lowest BCUT2D eigenvalue weighted by Crippen LogP contribution is -2.43. The zero-order valence-corrected chi connectivity index (χ0v) is 20.5. The largest absolute Gasteiger partial charge is 0.375 e. The third-order valence-corrected chi connectivity index (χ3v) is 6.09. The van der Waals surface area contributed by atoms with Crippen molar-refractivity contribution in [2.45, 2.75) is 45.8 Å². The zero-order valence-electron chi connectivity index (χ0n) is 17.4. The van der Waals surface area contributed by atoms with Crippen LogP contribution < -0.4 is 5.32 Å². The van der Waals surface area contributed by atoms with Crippen molar-refractivity contribution < 1.29 is 4.74 Å². The molecule has 1 aromatic rings. The molecule has 1 aromatic heterocycles. The van der Waals surface area contributed by atoms with Gasteiger partial charge in [0.1, 0.15) is 11.1 Å². The minimum Gasteiger partial charge on any atom is -0.375 e. The minimum atomic E-state index is 0. The Bertz CT molecular complexity index is 560. The van der Waals surface area contributed by atoms with Crippen molar-refractivity contribution in [2.75, 3.05) is 47.4 Å². The lowest BCUT2D eigenvalue weighted by molar-refractivity contribution is 0.119. The third kappa shape index (κ3) is 7.83. The second-order valence-corrected chi connectivity index (χ2v) is 8.01. The number of thiazole rings is 1. The molecule has 0 aromatic carbocycles. The van der Waals surface area contributed by atoms with Crippen LogP contribution in [0.15, 0.2) is 10.4 Å². The van der Waals surface area contributed by atoms with Crippen LogP contribution in [-0.4, -0.2) is 68.1 Å². The molecule has 1 unspecified atom stereocenters. The zero-order chi connectivity index (χ0) is 18.9. The molecule has 156 valence electrons. The average molecular weight is 510 g/mol. The van der Waals surface area contributed by atoms with Gasteiger partial charge in [0, 0.05) is 33.1 Å². The fraction of sp³-hybridized carbons (Fsp3) is 0.789. The van der Waals surface area contributed by atoms with E-state index in [0.29, 0.717) is 0 Å². The van der Waals surface area contributed by atoms with E-state index < -0.39 is 0 Å². The predicted molar refractivity (Wildman–Crippen MR) is 125 cm³/mol. The van der Waals surface area contributed by atoms with Crippen molar-refractivity contribution in [2.24, 2.45) is 10.9 Å². The number of aromatic nitrogens is 1. The standard InChI is InChI=1S/C19H35N5OS.HI/c1-6-9-24-10-7-16(8-11-24)12-21-19(20-3)23(4)13-17-14-26-18(22-17)15(2)25-5;/h14-16H,6-13H2,1-5H3,(H,20,21);1H. The molecule has 2 heterocycles. The first kappa shape index (κ1) is 24.6. The number of methoxy groups -OCH3 is 1. The Morgan fingerprint density at radius 2 is 2.19 bits per heavy atom. The van der Waals surface area contributed by atoms with Gasteiger partial charge in [-0.2, -0.15) is 0 Å². The molecule has 1 saturated heterocycles.